The molecular formula is C18H26N6O2. The van der Waals surface area contributed by atoms with Gasteiger partial charge in [0.15, 0.2) is 11.5 Å². The lowest BCUT2D eigenvalue weighted by Crippen LogP contribution is -2.51. The lowest BCUT2D eigenvalue weighted by Gasteiger charge is -2.36. The molecule has 0 aliphatic carbocycles. The molecule has 4 rings (SSSR count). The summed E-state index contributed by atoms with van der Waals surface area (Å²) in [6.07, 6.45) is 1.60. The fourth-order valence-corrected chi connectivity index (χ4v) is 3.55. The fourth-order valence-electron chi connectivity index (χ4n) is 3.55. The summed E-state index contributed by atoms with van der Waals surface area (Å²) in [6.45, 7) is 9.95. The van der Waals surface area contributed by atoms with Crippen LogP contribution in [0, 0.1) is 0 Å². The molecule has 8 heteroatoms. The smallest absolute Gasteiger partial charge is 0.251 e. The van der Waals surface area contributed by atoms with Gasteiger partial charge >= 0.3 is 0 Å². The lowest BCUT2D eigenvalue weighted by atomic mass is 9.96. The first kappa shape index (κ1) is 17.2. The first-order chi connectivity index (χ1) is 12.4. The number of anilines is 1. The molecule has 0 aromatic carbocycles. The Balaban J connectivity index is 1.48. The van der Waals surface area contributed by atoms with E-state index in [0.29, 0.717) is 19.7 Å². The number of piperazine rings is 1. The van der Waals surface area contributed by atoms with Crippen LogP contribution in [0.5, 0.6) is 0 Å². The second-order valence-electron chi connectivity index (χ2n) is 8.05. The van der Waals surface area contributed by atoms with Crippen molar-refractivity contribution in [2.45, 2.75) is 45.1 Å². The fraction of sp³-hybridized carbons (Fsp3) is 0.667. The van der Waals surface area contributed by atoms with E-state index in [4.69, 9.17) is 9.84 Å². The lowest BCUT2D eigenvalue weighted by molar-refractivity contribution is -0.141. The van der Waals surface area contributed by atoms with Gasteiger partial charge in [-0.05, 0) is 25.0 Å². The molecule has 0 radical (unpaired) electrons. The molecule has 0 N–H and O–H groups in total. The van der Waals surface area contributed by atoms with E-state index in [1.54, 1.807) is 0 Å². The molecule has 26 heavy (non-hydrogen) atoms. The number of fused-ring (bicyclic) bond motifs is 1. The van der Waals surface area contributed by atoms with Crippen molar-refractivity contribution in [1.29, 1.82) is 0 Å². The maximum absolute atomic E-state index is 12.5. The number of carbonyl (C=O) groups excluding carboxylic acids is 1. The average molecular weight is 358 g/mol. The van der Waals surface area contributed by atoms with Crippen molar-refractivity contribution >= 4 is 17.4 Å². The van der Waals surface area contributed by atoms with E-state index < -0.39 is 0 Å². The van der Waals surface area contributed by atoms with E-state index in [1.807, 2.05) is 21.5 Å². The topological polar surface area (TPSA) is 75.9 Å². The van der Waals surface area contributed by atoms with Crippen molar-refractivity contribution in [2.24, 2.45) is 0 Å². The SMILES string of the molecule is CC(C)(C)c1nnc2ccc(N3CCN(C(=O)C4CCCO4)CC3)nn12. The first-order valence-corrected chi connectivity index (χ1v) is 9.32. The maximum Gasteiger partial charge on any atom is 0.251 e. The van der Waals surface area contributed by atoms with Crippen LogP contribution in [-0.4, -0.2) is 69.5 Å². The first-order valence-electron chi connectivity index (χ1n) is 9.32. The minimum atomic E-state index is -0.234. The van der Waals surface area contributed by atoms with Gasteiger partial charge in [0.2, 0.25) is 0 Å². The Morgan fingerprint density at radius 1 is 1.15 bits per heavy atom. The molecule has 1 atom stereocenters. The second kappa shape index (κ2) is 6.50. The van der Waals surface area contributed by atoms with E-state index in [0.717, 1.165) is 43.2 Å². The maximum atomic E-state index is 12.5. The van der Waals surface area contributed by atoms with Crippen molar-refractivity contribution in [3.05, 3.63) is 18.0 Å². The summed E-state index contributed by atoms with van der Waals surface area (Å²) in [7, 11) is 0. The van der Waals surface area contributed by atoms with Crippen molar-refractivity contribution in [1.82, 2.24) is 24.7 Å². The molecule has 4 heterocycles. The summed E-state index contributed by atoms with van der Waals surface area (Å²) in [5.74, 6) is 1.88. The summed E-state index contributed by atoms with van der Waals surface area (Å²) >= 11 is 0. The molecule has 0 spiro atoms. The number of ether oxygens (including phenoxy) is 1. The zero-order valence-electron chi connectivity index (χ0n) is 15.7. The third kappa shape index (κ3) is 3.13. The molecule has 8 nitrogen and oxygen atoms in total. The Kier molecular flexibility index (Phi) is 4.30. The molecule has 0 bridgehead atoms. The second-order valence-corrected chi connectivity index (χ2v) is 8.05. The minimum absolute atomic E-state index is 0.128. The minimum Gasteiger partial charge on any atom is -0.368 e. The van der Waals surface area contributed by atoms with Gasteiger partial charge in [-0.15, -0.1) is 15.3 Å². The highest BCUT2D eigenvalue weighted by Gasteiger charge is 2.31. The zero-order valence-corrected chi connectivity index (χ0v) is 15.7. The number of aromatic nitrogens is 4. The van der Waals surface area contributed by atoms with E-state index in [-0.39, 0.29) is 17.4 Å². The van der Waals surface area contributed by atoms with Gasteiger partial charge in [-0.2, -0.15) is 4.52 Å². The molecule has 140 valence electrons. The van der Waals surface area contributed by atoms with E-state index in [9.17, 15) is 4.79 Å². The van der Waals surface area contributed by atoms with Crippen molar-refractivity contribution in [2.75, 3.05) is 37.7 Å². The number of nitrogens with zero attached hydrogens (tertiary/aromatic N) is 6. The standard InChI is InChI=1S/C18H26N6O2/c1-18(2,3)17-20-19-14-6-7-15(21-24(14)17)22-8-10-23(11-9-22)16(25)13-5-4-12-26-13/h6-7,13H,4-5,8-12H2,1-3H3. The van der Waals surface area contributed by atoms with Crippen LogP contribution in [0.1, 0.15) is 39.4 Å². The Morgan fingerprint density at radius 2 is 1.92 bits per heavy atom. The van der Waals surface area contributed by atoms with Crippen LogP contribution in [0.25, 0.3) is 5.65 Å². The number of hydrogen-bond acceptors (Lipinski definition) is 6. The molecular weight excluding hydrogens is 332 g/mol. The largest absolute Gasteiger partial charge is 0.368 e. The van der Waals surface area contributed by atoms with Gasteiger partial charge in [-0.25, -0.2) is 0 Å². The highest BCUT2D eigenvalue weighted by atomic mass is 16.5. The van der Waals surface area contributed by atoms with Crippen LogP contribution in [-0.2, 0) is 14.9 Å². The summed E-state index contributed by atoms with van der Waals surface area (Å²) in [5.41, 5.74) is 0.628. The van der Waals surface area contributed by atoms with Crippen LogP contribution in [0.15, 0.2) is 12.1 Å². The molecule has 2 fully saturated rings. The molecule has 0 saturated carbocycles. The monoisotopic (exact) mass is 358 g/mol. The zero-order chi connectivity index (χ0) is 18.3. The van der Waals surface area contributed by atoms with Crippen molar-refractivity contribution in [3.8, 4) is 0 Å². The van der Waals surface area contributed by atoms with Gasteiger partial charge in [0.1, 0.15) is 11.9 Å². The Bertz CT molecular complexity index is 798. The highest BCUT2D eigenvalue weighted by molar-refractivity contribution is 5.81. The number of rotatable bonds is 2. The number of hydrogen-bond donors (Lipinski definition) is 0. The van der Waals surface area contributed by atoms with Gasteiger partial charge in [-0.3, -0.25) is 4.79 Å². The number of carbonyl (C=O) groups is 1. The highest BCUT2D eigenvalue weighted by Crippen LogP contribution is 2.22. The van der Waals surface area contributed by atoms with Gasteiger partial charge < -0.3 is 14.5 Å². The van der Waals surface area contributed by atoms with Crippen LogP contribution in [0.4, 0.5) is 5.82 Å². The van der Waals surface area contributed by atoms with Gasteiger partial charge in [0.25, 0.3) is 5.91 Å². The molecule has 1 amide bonds. The summed E-state index contributed by atoms with van der Waals surface area (Å²) in [5, 5.41) is 13.3. The third-order valence-electron chi connectivity index (χ3n) is 5.04. The molecule has 2 aliphatic rings. The van der Waals surface area contributed by atoms with Gasteiger partial charge in [-0.1, -0.05) is 20.8 Å². The van der Waals surface area contributed by atoms with E-state index in [2.05, 4.69) is 35.9 Å². The number of amides is 1. The summed E-state index contributed by atoms with van der Waals surface area (Å²) in [4.78, 5) is 16.6. The van der Waals surface area contributed by atoms with Crippen LogP contribution in [0.3, 0.4) is 0 Å². The normalized spacial score (nSPS) is 21.6. The van der Waals surface area contributed by atoms with Crippen molar-refractivity contribution < 1.29 is 9.53 Å². The van der Waals surface area contributed by atoms with Gasteiger partial charge in [0.05, 0.1) is 0 Å². The van der Waals surface area contributed by atoms with Gasteiger partial charge in [0, 0.05) is 38.2 Å². The van der Waals surface area contributed by atoms with Crippen LogP contribution in [0.2, 0.25) is 0 Å². The molecule has 2 aliphatic heterocycles. The predicted octanol–water partition coefficient (Wildman–Crippen LogP) is 1.25. The quantitative estimate of drug-likeness (QED) is 0.804. The summed E-state index contributed by atoms with van der Waals surface area (Å²) in [6, 6.07) is 3.93. The third-order valence-corrected chi connectivity index (χ3v) is 5.04. The van der Waals surface area contributed by atoms with E-state index in [1.165, 1.54) is 0 Å². The van der Waals surface area contributed by atoms with E-state index >= 15 is 0 Å². The molecule has 2 aromatic heterocycles. The Labute approximate surface area is 153 Å². The Morgan fingerprint density at radius 3 is 2.58 bits per heavy atom. The van der Waals surface area contributed by atoms with Crippen LogP contribution < -0.4 is 4.90 Å². The predicted molar refractivity (Wildman–Crippen MR) is 97.2 cm³/mol. The van der Waals surface area contributed by atoms with Crippen molar-refractivity contribution in [3.63, 3.8) is 0 Å². The molecule has 2 saturated heterocycles. The Hall–Kier alpha value is -2.22. The average Bonchev–Trinajstić information content (AvgIpc) is 3.30. The molecule has 2 aromatic rings. The molecule has 1 unspecified atom stereocenters. The van der Waals surface area contributed by atoms with Crippen LogP contribution >= 0.6 is 0 Å². The summed E-state index contributed by atoms with van der Waals surface area (Å²) < 4.78 is 7.36.